The van der Waals surface area contributed by atoms with Crippen molar-refractivity contribution in [1.82, 2.24) is 25.4 Å². The van der Waals surface area contributed by atoms with Crippen LogP contribution in [0.15, 0.2) is 41.3 Å². The lowest BCUT2D eigenvalue weighted by Crippen LogP contribution is -2.48. The Labute approximate surface area is 255 Å². The van der Waals surface area contributed by atoms with Gasteiger partial charge in [-0.2, -0.15) is 5.26 Å². The largest absolute Gasteiger partial charge is 0.382 e. The average molecular weight is 592 g/mol. The average Bonchev–Trinajstić information content (AvgIpc) is 2.95. The lowest BCUT2D eigenvalue weighted by molar-refractivity contribution is -0.136. The van der Waals surface area contributed by atoms with Crippen LogP contribution in [0, 0.1) is 11.3 Å². The molecule has 1 fully saturated rings. The molecule has 3 heterocycles. The first kappa shape index (κ1) is 33.5. The van der Waals surface area contributed by atoms with Crippen LogP contribution in [0.4, 0.5) is 10.6 Å². The molecule has 11 heteroatoms. The number of pyridine rings is 1. The maximum Gasteiger partial charge on any atom is 0.327 e. The molecule has 2 aliphatic rings. The topological polar surface area (TPSA) is 131 Å². The van der Waals surface area contributed by atoms with E-state index >= 15 is 0 Å². The van der Waals surface area contributed by atoms with Crippen LogP contribution < -0.4 is 15.5 Å². The van der Waals surface area contributed by atoms with Gasteiger partial charge < -0.3 is 20.3 Å². The number of nitriles is 1. The highest BCUT2D eigenvalue weighted by Crippen LogP contribution is 2.28. The Morgan fingerprint density at radius 1 is 1.26 bits per heavy atom. The fourth-order valence-electron chi connectivity index (χ4n) is 4.86. The number of aldehydes is 1. The Morgan fingerprint density at radius 2 is 2.02 bits per heavy atom. The molecule has 0 spiro atoms. The number of aromatic nitrogens is 1. The molecule has 43 heavy (non-hydrogen) atoms. The molecule has 0 bridgehead atoms. The monoisotopic (exact) mass is 591 g/mol. The van der Waals surface area contributed by atoms with Crippen molar-refractivity contribution in [2.75, 3.05) is 51.3 Å². The summed E-state index contributed by atoms with van der Waals surface area (Å²) in [5.41, 5.74) is 3.05. The predicted octanol–water partition coefficient (Wildman–Crippen LogP) is 3.68. The molecule has 0 radical (unpaired) electrons. The zero-order valence-electron chi connectivity index (χ0n) is 26.3. The van der Waals surface area contributed by atoms with Gasteiger partial charge in [-0.05, 0) is 77.8 Å². The highest BCUT2D eigenvalue weighted by atomic mass is 16.5. The van der Waals surface area contributed by atoms with E-state index in [0.29, 0.717) is 80.4 Å². The van der Waals surface area contributed by atoms with Gasteiger partial charge in [0, 0.05) is 44.0 Å². The van der Waals surface area contributed by atoms with Gasteiger partial charge in [-0.3, -0.25) is 19.4 Å². The van der Waals surface area contributed by atoms with Gasteiger partial charge in [0.25, 0.3) is 0 Å². The van der Waals surface area contributed by atoms with Gasteiger partial charge >= 0.3 is 6.03 Å². The van der Waals surface area contributed by atoms with E-state index in [9.17, 15) is 19.6 Å². The summed E-state index contributed by atoms with van der Waals surface area (Å²) in [6, 6.07) is 3.76. The second-order valence-electron chi connectivity index (χ2n) is 11.8. The van der Waals surface area contributed by atoms with Gasteiger partial charge in [0.1, 0.15) is 17.6 Å². The molecule has 0 aliphatic carbocycles. The summed E-state index contributed by atoms with van der Waals surface area (Å²) in [6.45, 7) is 13.1. The van der Waals surface area contributed by atoms with Gasteiger partial charge in [-0.15, -0.1) is 0 Å². The number of amides is 3. The molecule has 3 rings (SSSR count). The number of urea groups is 1. The molecule has 1 saturated heterocycles. The zero-order chi connectivity index (χ0) is 31.6. The zero-order valence-corrected chi connectivity index (χ0v) is 26.3. The molecular weight excluding hydrogens is 546 g/mol. The summed E-state index contributed by atoms with van der Waals surface area (Å²) in [5.74, 6) is 0.463. The molecule has 2 N–H and O–H groups in total. The van der Waals surface area contributed by atoms with Crippen LogP contribution in [-0.4, -0.2) is 85.0 Å². The van der Waals surface area contributed by atoms with E-state index in [1.165, 1.54) is 0 Å². The SMILES string of the molecule is CC/C=C/C(C#N)=C(\C=C(/C)NC(=O)N1CCCc2cc(CN3CCN(C)CC3=O)c(C=O)nc21)NCCOC(C)(C)C. The maximum absolute atomic E-state index is 13.5. The Balaban J connectivity index is 1.80. The van der Waals surface area contributed by atoms with Crippen LogP contribution in [0.1, 0.15) is 69.1 Å². The Kier molecular flexibility index (Phi) is 12.0. The number of fused-ring (bicyclic) bond motifs is 1. The molecular formula is C32H45N7O4. The number of carbonyl (C=O) groups excluding carboxylic acids is 3. The summed E-state index contributed by atoms with van der Waals surface area (Å²) in [7, 11) is 1.91. The van der Waals surface area contributed by atoms with E-state index in [-0.39, 0.29) is 23.2 Å². The number of nitrogens with one attached hydrogen (secondary N) is 2. The number of anilines is 1. The third-order valence-corrected chi connectivity index (χ3v) is 7.05. The summed E-state index contributed by atoms with van der Waals surface area (Å²) < 4.78 is 5.80. The van der Waals surface area contributed by atoms with Crippen LogP contribution in [0.2, 0.25) is 0 Å². The van der Waals surface area contributed by atoms with E-state index in [1.54, 1.807) is 28.9 Å². The van der Waals surface area contributed by atoms with Crippen molar-refractivity contribution in [1.29, 1.82) is 5.26 Å². The number of carbonyl (C=O) groups is 3. The van der Waals surface area contributed by atoms with Crippen LogP contribution in [0.5, 0.6) is 0 Å². The normalized spacial score (nSPS) is 17.0. The van der Waals surface area contributed by atoms with Gasteiger partial charge in [0.15, 0.2) is 6.29 Å². The van der Waals surface area contributed by atoms with Crippen LogP contribution in [-0.2, 0) is 22.5 Å². The summed E-state index contributed by atoms with van der Waals surface area (Å²) in [4.78, 5) is 47.9. The molecule has 11 nitrogen and oxygen atoms in total. The molecule has 1 aromatic heterocycles. The van der Waals surface area contributed by atoms with E-state index in [2.05, 4.69) is 21.7 Å². The third-order valence-electron chi connectivity index (χ3n) is 7.05. The van der Waals surface area contributed by atoms with E-state index < -0.39 is 0 Å². The van der Waals surface area contributed by atoms with Crippen molar-refractivity contribution in [2.24, 2.45) is 0 Å². The van der Waals surface area contributed by atoms with Crippen molar-refractivity contribution in [3.63, 3.8) is 0 Å². The van der Waals surface area contributed by atoms with Crippen molar-refractivity contribution in [3.8, 4) is 6.07 Å². The highest BCUT2D eigenvalue weighted by molar-refractivity contribution is 5.94. The van der Waals surface area contributed by atoms with Gasteiger partial charge in [0.2, 0.25) is 5.91 Å². The number of allylic oxidation sites excluding steroid dienone is 5. The second-order valence-corrected chi connectivity index (χ2v) is 11.8. The number of rotatable bonds is 11. The lowest BCUT2D eigenvalue weighted by Gasteiger charge is -2.33. The standard InChI is InChI=1S/C32H45N7O4/c1-7-8-10-25(19-33)27(34-12-16-43-32(3,4)5)17-23(2)35-31(42)39-13-9-11-24-18-26(28(22-40)36-30(24)39)20-38-15-14-37(6)21-29(38)41/h8,10,17-18,22,34H,7,9,11-16,20-21H2,1-6H3,(H,35,42)/b10-8+,23-17+,27-25-. The molecule has 0 aromatic carbocycles. The quantitative estimate of drug-likeness (QED) is 0.173. The summed E-state index contributed by atoms with van der Waals surface area (Å²) in [5, 5.41) is 16.0. The molecule has 2 aliphatic heterocycles. The number of piperazine rings is 1. The molecule has 1 aromatic rings. The first-order chi connectivity index (χ1) is 20.4. The van der Waals surface area contributed by atoms with E-state index in [1.807, 2.05) is 51.8 Å². The number of hydrogen-bond acceptors (Lipinski definition) is 8. The fraction of sp³-hybridized carbons (Fsp3) is 0.531. The Morgan fingerprint density at radius 3 is 2.67 bits per heavy atom. The molecule has 0 saturated carbocycles. The van der Waals surface area contributed by atoms with Gasteiger partial charge in [0.05, 0.1) is 30.0 Å². The maximum atomic E-state index is 13.5. The highest BCUT2D eigenvalue weighted by Gasteiger charge is 2.28. The van der Waals surface area contributed by atoms with E-state index in [4.69, 9.17) is 4.74 Å². The van der Waals surface area contributed by atoms with Crippen LogP contribution in [0.3, 0.4) is 0 Å². The third kappa shape index (κ3) is 9.76. The molecule has 3 amide bonds. The lowest BCUT2D eigenvalue weighted by atomic mass is 10.0. The molecule has 232 valence electrons. The first-order valence-corrected chi connectivity index (χ1v) is 14.9. The van der Waals surface area contributed by atoms with Crippen molar-refractivity contribution >= 4 is 24.0 Å². The van der Waals surface area contributed by atoms with Crippen molar-refractivity contribution in [3.05, 3.63) is 58.1 Å². The number of likely N-dealkylation sites (N-methyl/N-ethyl adjacent to an activating group) is 1. The molecule has 0 atom stereocenters. The summed E-state index contributed by atoms with van der Waals surface area (Å²) in [6.07, 6.45) is 8.32. The minimum Gasteiger partial charge on any atom is -0.382 e. The smallest absolute Gasteiger partial charge is 0.327 e. The number of aryl methyl sites for hydroxylation is 1. The summed E-state index contributed by atoms with van der Waals surface area (Å²) >= 11 is 0. The predicted molar refractivity (Wildman–Crippen MR) is 166 cm³/mol. The molecule has 0 unspecified atom stereocenters. The number of nitrogens with zero attached hydrogens (tertiary/aromatic N) is 5. The number of ether oxygens (including phenoxy) is 1. The minimum absolute atomic E-state index is 0.0148. The first-order valence-electron chi connectivity index (χ1n) is 14.9. The van der Waals surface area contributed by atoms with Crippen molar-refractivity contribution in [2.45, 2.75) is 66.0 Å². The Hall–Kier alpha value is -4.01. The van der Waals surface area contributed by atoms with Gasteiger partial charge in [-0.1, -0.05) is 13.0 Å². The number of hydrogen-bond donors (Lipinski definition) is 2. The minimum atomic E-state index is -0.376. The fourth-order valence-corrected chi connectivity index (χ4v) is 4.86. The van der Waals surface area contributed by atoms with Crippen LogP contribution >= 0.6 is 0 Å². The van der Waals surface area contributed by atoms with E-state index in [0.717, 1.165) is 24.9 Å². The second kappa shape index (κ2) is 15.5. The Bertz CT molecular complexity index is 1320. The van der Waals surface area contributed by atoms with Crippen molar-refractivity contribution < 1.29 is 19.1 Å². The van der Waals surface area contributed by atoms with Gasteiger partial charge in [-0.25, -0.2) is 9.78 Å². The van der Waals surface area contributed by atoms with Crippen LogP contribution in [0.25, 0.3) is 0 Å².